The van der Waals surface area contributed by atoms with Gasteiger partial charge in [-0.15, -0.1) is 6.42 Å². The van der Waals surface area contributed by atoms with Crippen LogP contribution in [0.15, 0.2) is 21.9 Å². The number of aliphatic hydroxyl groups is 2. The summed E-state index contributed by atoms with van der Waals surface area (Å²) in [6.07, 6.45) is 1.36. The van der Waals surface area contributed by atoms with Crippen molar-refractivity contribution >= 4 is 7.82 Å². The lowest BCUT2D eigenvalue weighted by Gasteiger charge is -2.26. The van der Waals surface area contributed by atoms with E-state index in [1.807, 2.05) is 10.9 Å². The summed E-state index contributed by atoms with van der Waals surface area (Å²) >= 11 is 0. The molecule has 11 nitrogen and oxygen atoms in total. The minimum atomic E-state index is -4.84. The molecule has 4 atom stereocenters. The molecule has 1 aliphatic rings. The van der Waals surface area contributed by atoms with Gasteiger partial charge in [0, 0.05) is 12.3 Å². The number of H-pyrrole nitrogens is 1. The van der Waals surface area contributed by atoms with Gasteiger partial charge in [0.2, 0.25) is 0 Å². The van der Waals surface area contributed by atoms with Crippen molar-refractivity contribution in [3.63, 3.8) is 0 Å². The highest BCUT2D eigenvalue weighted by atomic mass is 31.2. The fourth-order valence-electron chi connectivity index (χ4n) is 2.12. The molecule has 0 unspecified atom stereocenters. The number of nitrogens with zero attached hydrogens (tertiary/aromatic N) is 1. The van der Waals surface area contributed by atoms with Crippen molar-refractivity contribution in [2.75, 3.05) is 6.61 Å². The molecule has 0 aromatic carbocycles. The van der Waals surface area contributed by atoms with Crippen LogP contribution in [0.4, 0.5) is 0 Å². The third kappa shape index (κ3) is 3.44. The van der Waals surface area contributed by atoms with Crippen molar-refractivity contribution in [3.8, 4) is 12.3 Å². The molecule has 2 rings (SSSR count). The molecule has 1 aromatic heterocycles. The number of rotatable bonds is 4. The van der Waals surface area contributed by atoms with E-state index in [2.05, 4.69) is 4.52 Å². The first kappa shape index (κ1) is 17.6. The van der Waals surface area contributed by atoms with E-state index in [-0.39, 0.29) is 0 Å². The maximum absolute atomic E-state index is 11.8. The first-order valence-electron chi connectivity index (χ1n) is 6.13. The van der Waals surface area contributed by atoms with E-state index in [0.717, 1.165) is 16.8 Å². The quantitative estimate of drug-likeness (QED) is 0.286. The highest BCUT2D eigenvalue weighted by molar-refractivity contribution is 7.46. The van der Waals surface area contributed by atoms with Gasteiger partial charge in [-0.1, -0.05) is 5.92 Å². The summed E-state index contributed by atoms with van der Waals surface area (Å²) < 4.78 is 20.9. The van der Waals surface area contributed by atoms with E-state index in [1.54, 1.807) is 0 Å². The van der Waals surface area contributed by atoms with E-state index in [0.29, 0.717) is 0 Å². The van der Waals surface area contributed by atoms with E-state index < -0.39 is 49.7 Å². The fraction of sp³-hybridized carbons (Fsp3) is 0.455. The largest absolute Gasteiger partial charge is 0.469 e. The van der Waals surface area contributed by atoms with Crippen molar-refractivity contribution in [3.05, 3.63) is 33.1 Å². The highest BCUT2D eigenvalue weighted by Crippen LogP contribution is 2.41. The second-order valence-corrected chi connectivity index (χ2v) is 5.98. The fourth-order valence-corrected chi connectivity index (χ4v) is 2.46. The molecule has 0 saturated carbocycles. The molecular formula is C11H13N2O9P. The molecule has 2 heterocycles. The van der Waals surface area contributed by atoms with Crippen molar-refractivity contribution in [1.82, 2.24) is 9.55 Å². The van der Waals surface area contributed by atoms with Crippen LogP contribution in [0, 0.1) is 12.3 Å². The van der Waals surface area contributed by atoms with Gasteiger partial charge in [-0.2, -0.15) is 0 Å². The number of phosphoric acid groups is 1. The van der Waals surface area contributed by atoms with Crippen LogP contribution >= 0.6 is 7.82 Å². The van der Waals surface area contributed by atoms with Crippen LogP contribution in [0.3, 0.4) is 0 Å². The highest BCUT2D eigenvalue weighted by Gasteiger charge is 2.56. The number of hydrogen-bond donors (Lipinski definition) is 5. The first-order valence-corrected chi connectivity index (χ1v) is 7.67. The summed E-state index contributed by atoms with van der Waals surface area (Å²) in [7, 11) is -4.84. The van der Waals surface area contributed by atoms with Crippen LogP contribution in [0.1, 0.15) is 6.23 Å². The molecule has 23 heavy (non-hydrogen) atoms. The average Bonchev–Trinajstić information content (AvgIpc) is 2.70. The van der Waals surface area contributed by atoms with Crippen LogP contribution in [0.25, 0.3) is 0 Å². The first-order chi connectivity index (χ1) is 10.6. The Morgan fingerprint density at radius 2 is 2.17 bits per heavy atom. The summed E-state index contributed by atoms with van der Waals surface area (Å²) in [4.78, 5) is 42.1. The molecule has 1 aliphatic heterocycles. The minimum Gasteiger partial charge on any atom is -0.386 e. The van der Waals surface area contributed by atoms with Gasteiger partial charge in [0.15, 0.2) is 11.8 Å². The van der Waals surface area contributed by atoms with Gasteiger partial charge in [0.1, 0.15) is 12.2 Å². The van der Waals surface area contributed by atoms with Crippen molar-refractivity contribution in [2.24, 2.45) is 0 Å². The zero-order chi connectivity index (χ0) is 17.4. The zero-order valence-electron chi connectivity index (χ0n) is 11.4. The number of aromatic amines is 1. The van der Waals surface area contributed by atoms with Crippen LogP contribution in [-0.2, 0) is 13.8 Å². The molecule has 5 N–H and O–H groups in total. The standard InChI is InChI=1S/C11H13N2O9P/c1-2-11(17)8(15)6(5-21-23(18,19)20)22-9(11)13-4-3-7(14)12-10(13)16/h1,3-4,6,8-9,15,17H,5H2,(H,12,14,16)(H2,18,19,20)/t6-,8-,9-,11-/m1/s1. The second kappa shape index (κ2) is 6.03. The van der Waals surface area contributed by atoms with Gasteiger partial charge in [-0.05, 0) is 0 Å². The Morgan fingerprint density at radius 1 is 1.52 bits per heavy atom. The Morgan fingerprint density at radius 3 is 2.70 bits per heavy atom. The Hall–Kier alpha value is -1.77. The van der Waals surface area contributed by atoms with Crippen LogP contribution in [0.2, 0.25) is 0 Å². The lowest BCUT2D eigenvalue weighted by Crippen LogP contribution is -2.48. The topological polar surface area (TPSA) is 171 Å². The summed E-state index contributed by atoms with van der Waals surface area (Å²) in [6.45, 7) is -0.788. The van der Waals surface area contributed by atoms with Crippen LogP contribution in [-0.4, -0.2) is 54.0 Å². The summed E-state index contributed by atoms with van der Waals surface area (Å²) in [5.41, 5.74) is -4.04. The molecule has 1 aromatic rings. The molecule has 0 amide bonds. The van der Waals surface area contributed by atoms with E-state index in [9.17, 15) is 24.4 Å². The van der Waals surface area contributed by atoms with Gasteiger partial charge in [-0.25, -0.2) is 9.36 Å². The van der Waals surface area contributed by atoms with Gasteiger partial charge in [-0.3, -0.25) is 18.9 Å². The molecule has 0 radical (unpaired) electrons. The number of hydrogen-bond acceptors (Lipinski definition) is 7. The minimum absolute atomic E-state index is 0.699. The lowest BCUT2D eigenvalue weighted by atomic mass is 9.95. The lowest BCUT2D eigenvalue weighted by molar-refractivity contribution is -0.0761. The molecule has 1 fully saturated rings. The molecular weight excluding hydrogens is 335 g/mol. The number of phosphoric ester groups is 1. The predicted molar refractivity (Wildman–Crippen MR) is 73.0 cm³/mol. The Kier molecular flexibility index (Phi) is 4.61. The Labute approximate surface area is 128 Å². The van der Waals surface area contributed by atoms with E-state index >= 15 is 0 Å². The van der Waals surface area contributed by atoms with Crippen LogP contribution in [0.5, 0.6) is 0 Å². The van der Waals surface area contributed by atoms with Gasteiger partial charge < -0.3 is 24.7 Å². The molecule has 0 spiro atoms. The molecule has 0 bridgehead atoms. The zero-order valence-corrected chi connectivity index (χ0v) is 12.3. The number of terminal acetylenes is 1. The second-order valence-electron chi connectivity index (χ2n) is 4.75. The normalized spacial score (nSPS) is 31.0. The SMILES string of the molecule is C#C[C@@]1(O)[C@H](O)[C@@H](COP(=O)(O)O)O[C@H]1n1ccc(=O)[nH]c1=O. The smallest absolute Gasteiger partial charge is 0.386 e. The van der Waals surface area contributed by atoms with Crippen molar-refractivity contribution in [2.45, 2.75) is 24.0 Å². The molecule has 1 saturated heterocycles. The predicted octanol–water partition coefficient (Wildman–Crippen LogP) is -2.73. The third-order valence-corrected chi connectivity index (χ3v) is 3.71. The number of aliphatic hydroxyl groups excluding tert-OH is 1. The number of nitrogens with one attached hydrogen (secondary N) is 1. The van der Waals surface area contributed by atoms with Crippen molar-refractivity contribution < 1.29 is 33.8 Å². The molecule has 126 valence electrons. The Balaban J connectivity index is 2.36. The average molecular weight is 348 g/mol. The van der Waals surface area contributed by atoms with Gasteiger partial charge >= 0.3 is 13.5 Å². The summed E-state index contributed by atoms with van der Waals surface area (Å²) in [6, 6.07) is 0.966. The maximum Gasteiger partial charge on any atom is 0.469 e. The molecule has 12 heteroatoms. The van der Waals surface area contributed by atoms with Crippen molar-refractivity contribution in [1.29, 1.82) is 0 Å². The summed E-state index contributed by atoms with van der Waals surface area (Å²) in [5.74, 6) is 1.89. The number of ether oxygens (including phenoxy) is 1. The van der Waals surface area contributed by atoms with Crippen LogP contribution < -0.4 is 11.2 Å². The van der Waals surface area contributed by atoms with Gasteiger partial charge in [0.05, 0.1) is 6.61 Å². The number of aromatic nitrogens is 2. The maximum atomic E-state index is 11.8. The van der Waals surface area contributed by atoms with E-state index in [1.165, 1.54) is 0 Å². The Bertz CT molecular complexity index is 790. The van der Waals surface area contributed by atoms with Gasteiger partial charge in [0.25, 0.3) is 5.56 Å². The monoisotopic (exact) mass is 348 g/mol. The third-order valence-electron chi connectivity index (χ3n) is 3.23. The van der Waals surface area contributed by atoms with E-state index in [4.69, 9.17) is 20.9 Å². The molecule has 0 aliphatic carbocycles. The summed E-state index contributed by atoms with van der Waals surface area (Å²) in [5, 5.41) is 20.4.